The number of amides is 2. The summed E-state index contributed by atoms with van der Waals surface area (Å²) in [6.07, 6.45) is 31.0. The van der Waals surface area contributed by atoms with Crippen LogP contribution in [0.25, 0.3) is 0 Å². The minimum Gasteiger partial charge on any atom is -0.351 e. The number of hydrogen-bond acceptors (Lipinski definition) is 2. The molecule has 1 aliphatic carbocycles. The van der Waals surface area contributed by atoms with Crippen LogP contribution in [0.1, 0.15) is 128 Å². The predicted molar refractivity (Wildman–Crippen MR) is 134 cm³/mol. The van der Waals surface area contributed by atoms with Crippen LogP contribution in [0.4, 0.5) is 0 Å². The smallest absolute Gasteiger partial charge is 0.220 e. The van der Waals surface area contributed by atoms with Gasteiger partial charge >= 0.3 is 0 Å². The van der Waals surface area contributed by atoms with Crippen molar-refractivity contribution in [1.29, 1.82) is 0 Å². The summed E-state index contributed by atoms with van der Waals surface area (Å²) in [6.45, 7) is 0. The van der Waals surface area contributed by atoms with Gasteiger partial charge in [-0.1, -0.05) is 64.2 Å². The monoisotopic (exact) mass is 442 g/mol. The molecule has 180 valence electrons. The third-order valence-electron chi connectivity index (χ3n) is 6.41. The fourth-order valence-electron chi connectivity index (χ4n) is 4.47. The van der Waals surface area contributed by atoms with Crippen LogP contribution >= 0.6 is 0 Å². The number of carbonyl (C=O) groups is 2. The first-order valence-electron chi connectivity index (χ1n) is 13.1. The fourth-order valence-corrected chi connectivity index (χ4v) is 4.47. The fraction of sp³-hybridized carbons (Fsp3) is 0.786. The highest BCUT2D eigenvalue weighted by Gasteiger charge is 2.27. The van der Waals surface area contributed by atoms with Gasteiger partial charge in [0.25, 0.3) is 0 Å². The first-order valence-corrected chi connectivity index (χ1v) is 13.1. The van der Waals surface area contributed by atoms with E-state index in [2.05, 4.69) is 22.5 Å². The van der Waals surface area contributed by atoms with Gasteiger partial charge in [0.2, 0.25) is 11.8 Å². The molecule has 1 fully saturated rings. The molecule has 4 heteroatoms. The zero-order valence-electron chi connectivity index (χ0n) is 20.3. The van der Waals surface area contributed by atoms with Crippen molar-refractivity contribution in [1.82, 2.24) is 10.6 Å². The summed E-state index contributed by atoms with van der Waals surface area (Å²) in [6, 6.07) is 0.167. The Morgan fingerprint density at radius 3 is 1.31 bits per heavy atom. The Balaban J connectivity index is 2.15. The van der Waals surface area contributed by atoms with Crippen LogP contribution in [0, 0.1) is 24.7 Å². The van der Waals surface area contributed by atoms with Crippen LogP contribution < -0.4 is 10.6 Å². The van der Waals surface area contributed by atoms with Gasteiger partial charge in [0.1, 0.15) is 0 Å². The normalized spacial score (nSPS) is 17.8. The van der Waals surface area contributed by atoms with Crippen molar-refractivity contribution >= 4 is 11.8 Å². The van der Waals surface area contributed by atoms with Crippen LogP contribution in [-0.4, -0.2) is 23.9 Å². The molecular weight excluding hydrogens is 396 g/mol. The lowest BCUT2D eigenvalue weighted by Gasteiger charge is -2.33. The van der Waals surface area contributed by atoms with Gasteiger partial charge in [-0.15, -0.1) is 24.7 Å². The SMILES string of the molecule is C#CCCCCCCCCC(=O)N[C@@H]1CCCC[C@H]1NC(=O)CCCCCCCCC#C. The molecule has 0 radical (unpaired) electrons. The standard InChI is InChI=1S/C28H46N2O2/c1-3-5-7-9-11-13-15-17-23-27(31)29-25-21-19-20-22-26(25)30-28(32)24-18-16-14-12-10-8-6-4-2/h1-2,25-26H,5-24H2,(H,29,31)(H,30,32)/t25-,26-/m1/s1. The van der Waals surface area contributed by atoms with Gasteiger partial charge in [-0.25, -0.2) is 0 Å². The molecule has 0 aliphatic heterocycles. The van der Waals surface area contributed by atoms with Gasteiger partial charge in [0.15, 0.2) is 0 Å². The van der Waals surface area contributed by atoms with E-state index < -0.39 is 0 Å². The molecule has 0 unspecified atom stereocenters. The van der Waals surface area contributed by atoms with Crippen molar-refractivity contribution in [3.8, 4) is 24.7 Å². The number of nitrogens with one attached hydrogen (secondary N) is 2. The molecule has 1 saturated carbocycles. The van der Waals surface area contributed by atoms with E-state index in [1.807, 2.05) is 0 Å². The van der Waals surface area contributed by atoms with Crippen LogP contribution in [0.15, 0.2) is 0 Å². The molecule has 2 amide bonds. The molecule has 0 aromatic rings. The second-order valence-corrected chi connectivity index (χ2v) is 9.28. The van der Waals surface area contributed by atoms with Crippen LogP contribution in [-0.2, 0) is 9.59 Å². The highest BCUT2D eigenvalue weighted by molar-refractivity contribution is 5.77. The van der Waals surface area contributed by atoms with E-state index >= 15 is 0 Å². The second kappa shape index (κ2) is 19.7. The van der Waals surface area contributed by atoms with E-state index in [0.29, 0.717) is 12.8 Å². The van der Waals surface area contributed by atoms with Crippen LogP contribution in [0.3, 0.4) is 0 Å². The zero-order valence-corrected chi connectivity index (χ0v) is 20.3. The third-order valence-corrected chi connectivity index (χ3v) is 6.41. The van der Waals surface area contributed by atoms with Gasteiger partial charge in [-0.3, -0.25) is 9.59 Å². The molecule has 0 aromatic carbocycles. The van der Waals surface area contributed by atoms with E-state index in [9.17, 15) is 9.59 Å². The summed E-state index contributed by atoms with van der Waals surface area (Å²) in [5.74, 6) is 5.62. The van der Waals surface area contributed by atoms with Gasteiger partial charge in [-0.05, 0) is 38.5 Å². The first kappa shape index (κ1) is 28.1. The molecule has 0 saturated heterocycles. The van der Waals surface area contributed by atoms with Crippen molar-refractivity contribution in [3.05, 3.63) is 0 Å². The lowest BCUT2D eigenvalue weighted by Crippen LogP contribution is -2.53. The summed E-state index contributed by atoms with van der Waals surface area (Å²) in [5.41, 5.74) is 0. The molecule has 2 N–H and O–H groups in total. The van der Waals surface area contributed by atoms with Crippen molar-refractivity contribution < 1.29 is 9.59 Å². The number of hydrogen-bond donors (Lipinski definition) is 2. The van der Waals surface area contributed by atoms with Gasteiger partial charge in [0, 0.05) is 37.8 Å². The van der Waals surface area contributed by atoms with Gasteiger partial charge in [-0.2, -0.15) is 0 Å². The lowest BCUT2D eigenvalue weighted by atomic mass is 9.90. The Morgan fingerprint density at radius 1 is 0.594 bits per heavy atom. The Hall–Kier alpha value is -1.94. The van der Waals surface area contributed by atoms with E-state index in [0.717, 1.165) is 77.0 Å². The molecule has 32 heavy (non-hydrogen) atoms. The second-order valence-electron chi connectivity index (χ2n) is 9.28. The molecule has 0 heterocycles. The topological polar surface area (TPSA) is 58.2 Å². The summed E-state index contributed by atoms with van der Waals surface area (Å²) in [7, 11) is 0. The average Bonchev–Trinajstić information content (AvgIpc) is 2.78. The number of carbonyl (C=O) groups excluding carboxylic acids is 2. The minimum atomic E-state index is 0.0834. The largest absolute Gasteiger partial charge is 0.351 e. The van der Waals surface area contributed by atoms with Crippen molar-refractivity contribution in [2.24, 2.45) is 0 Å². The number of unbranched alkanes of at least 4 members (excludes halogenated alkanes) is 12. The number of rotatable bonds is 18. The predicted octanol–water partition coefficient (Wildman–Crippen LogP) is 6.04. The molecule has 0 bridgehead atoms. The zero-order chi connectivity index (χ0) is 23.3. The summed E-state index contributed by atoms with van der Waals surface area (Å²) < 4.78 is 0. The van der Waals surface area contributed by atoms with E-state index in [1.165, 1.54) is 38.5 Å². The lowest BCUT2D eigenvalue weighted by molar-refractivity contribution is -0.125. The van der Waals surface area contributed by atoms with Crippen molar-refractivity contribution in [2.45, 2.75) is 141 Å². The quantitative estimate of drug-likeness (QED) is 0.201. The highest BCUT2D eigenvalue weighted by Crippen LogP contribution is 2.19. The Bertz CT molecular complexity index is 535. The van der Waals surface area contributed by atoms with Crippen LogP contribution in [0.5, 0.6) is 0 Å². The van der Waals surface area contributed by atoms with E-state index in [4.69, 9.17) is 12.8 Å². The molecule has 4 nitrogen and oxygen atoms in total. The molecule has 1 rings (SSSR count). The average molecular weight is 443 g/mol. The third kappa shape index (κ3) is 15.0. The molecule has 0 spiro atoms. The maximum Gasteiger partial charge on any atom is 0.220 e. The molecular formula is C28H46N2O2. The molecule has 1 aliphatic rings. The van der Waals surface area contributed by atoms with E-state index in [1.54, 1.807) is 0 Å². The van der Waals surface area contributed by atoms with Crippen molar-refractivity contribution in [3.63, 3.8) is 0 Å². The maximum atomic E-state index is 12.4. The Labute approximate surface area is 197 Å². The molecule has 0 aromatic heterocycles. The van der Waals surface area contributed by atoms with Crippen LogP contribution in [0.2, 0.25) is 0 Å². The first-order chi connectivity index (χ1) is 15.7. The van der Waals surface area contributed by atoms with E-state index in [-0.39, 0.29) is 23.9 Å². The Kier molecular flexibility index (Phi) is 17.3. The Morgan fingerprint density at radius 2 is 0.938 bits per heavy atom. The maximum absolute atomic E-state index is 12.4. The summed E-state index contributed by atoms with van der Waals surface area (Å²) >= 11 is 0. The van der Waals surface area contributed by atoms with Gasteiger partial charge in [0.05, 0.1) is 0 Å². The summed E-state index contributed by atoms with van der Waals surface area (Å²) in [4.78, 5) is 24.8. The highest BCUT2D eigenvalue weighted by atomic mass is 16.2. The number of terminal acetylenes is 2. The van der Waals surface area contributed by atoms with Gasteiger partial charge < -0.3 is 10.6 Å². The molecule has 2 atom stereocenters. The van der Waals surface area contributed by atoms with Crippen molar-refractivity contribution in [2.75, 3.05) is 0 Å². The minimum absolute atomic E-state index is 0.0834. The summed E-state index contributed by atoms with van der Waals surface area (Å²) in [5, 5.41) is 6.41.